The number of aryl methyl sites for hydroxylation is 2. The molecule has 1 aromatic heterocycles. The molecule has 5 nitrogen and oxygen atoms in total. The number of nitrogens with zero attached hydrogens (tertiary/aromatic N) is 4. The molecule has 0 unspecified atom stereocenters. The van der Waals surface area contributed by atoms with E-state index in [1.54, 1.807) is 11.3 Å². The van der Waals surface area contributed by atoms with E-state index < -0.39 is 0 Å². The zero-order chi connectivity index (χ0) is 34.5. The van der Waals surface area contributed by atoms with Crippen molar-refractivity contribution in [3.8, 4) is 6.07 Å². The van der Waals surface area contributed by atoms with Crippen LogP contribution < -0.4 is 0 Å². The SMILES string of the molecule is C/C=C\C(=C/CC)c1nc(CN(C)C(C)=N/C(CCCC)=C(/C)C=O)cs1.CC.Cc1ccc(Cc2ccccc2C#N)c(C)c1. The Morgan fingerprint density at radius 2 is 1.80 bits per heavy atom. The summed E-state index contributed by atoms with van der Waals surface area (Å²) in [7, 11) is 2.01. The second-order valence-electron chi connectivity index (χ2n) is 11.0. The zero-order valence-electron chi connectivity index (χ0n) is 29.8. The lowest BCUT2D eigenvalue weighted by molar-refractivity contribution is -0.104. The second-order valence-corrected chi connectivity index (χ2v) is 11.8. The summed E-state index contributed by atoms with van der Waals surface area (Å²) < 4.78 is 0. The van der Waals surface area contributed by atoms with Gasteiger partial charge in [0.25, 0.3) is 0 Å². The first-order valence-electron chi connectivity index (χ1n) is 16.4. The van der Waals surface area contributed by atoms with Crippen molar-refractivity contribution in [1.82, 2.24) is 9.88 Å². The third-order valence-electron chi connectivity index (χ3n) is 7.23. The summed E-state index contributed by atoms with van der Waals surface area (Å²) >= 11 is 1.67. The molecule has 0 saturated carbocycles. The average Bonchev–Trinajstić information content (AvgIpc) is 3.53. The fourth-order valence-electron chi connectivity index (χ4n) is 4.56. The number of allylic oxidation sites excluding steroid dienone is 6. The van der Waals surface area contributed by atoms with E-state index >= 15 is 0 Å². The van der Waals surface area contributed by atoms with Gasteiger partial charge in [0.2, 0.25) is 0 Å². The summed E-state index contributed by atoms with van der Waals surface area (Å²) in [6.07, 6.45) is 12.0. The number of aliphatic imine (C=N–C) groups is 1. The van der Waals surface area contributed by atoms with Gasteiger partial charge < -0.3 is 4.90 Å². The zero-order valence-corrected chi connectivity index (χ0v) is 30.6. The normalized spacial score (nSPS) is 11.9. The van der Waals surface area contributed by atoms with E-state index in [1.807, 2.05) is 72.0 Å². The van der Waals surface area contributed by atoms with Gasteiger partial charge in [0.1, 0.15) is 17.1 Å². The number of aromatic nitrogens is 1. The van der Waals surface area contributed by atoms with Crippen molar-refractivity contribution >= 4 is 29.0 Å². The van der Waals surface area contributed by atoms with Crippen LogP contribution >= 0.6 is 11.3 Å². The number of amidine groups is 1. The molecule has 0 aliphatic carbocycles. The number of nitriles is 1. The highest BCUT2D eigenvalue weighted by atomic mass is 32.1. The van der Waals surface area contributed by atoms with Gasteiger partial charge in [0, 0.05) is 29.3 Å². The molecular formula is C40H54N4OS. The van der Waals surface area contributed by atoms with Gasteiger partial charge in [-0.2, -0.15) is 5.26 Å². The van der Waals surface area contributed by atoms with Crippen molar-refractivity contribution in [2.24, 2.45) is 4.99 Å². The molecule has 0 aliphatic heterocycles. The molecule has 6 heteroatoms. The van der Waals surface area contributed by atoms with Crippen LogP contribution in [-0.2, 0) is 17.8 Å². The monoisotopic (exact) mass is 638 g/mol. The van der Waals surface area contributed by atoms with Crippen LogP contribution in [0.3, 0.4) is 0 Å². The van der Waals surface area contributed by atoms with Gasteiger partial charge >= 0.3 is 0 Å². The van der Waals surface area contributed by atoms with Gasteiger partial charge in [-0.3, -0.25) is 4.79 Å². The predicted octanol–water partition coefficient (Wildman–Crippen LogP) is 10.8. The minimum absolute atomic E-state index is 0.697. The molecule has 246 valence electrons. The van der Waals surface area contributed by atoms with E-state index in [9.17, 15) is 4.79 Å². The highest BCUT2D eigenvalue weighted by molar-refractivity contribution is 7.10. The third kappa shape index (κ3) is 13.5. The molecule has 0 spiro atoms. The summed E-state index contributed by atoms with van der Waals surface area (Å²) in [6.45, 7) is 19.0. The molecule has 0 fully saturated rings. The van der Waals surface area contributed by atoms with Gasteiger partial charge in [0.15, 0.2) is 0 Å². The van der Waals surface area contributed by atoms with Crippen molar-refractivity contribution in [2.45, 2.75) is 101 Å². The van der Waals surface area contributed by atoms with E-state index in [0.717, 1.165) is 71.8 Å². The summed E-state index contributed by atoms with van der Waals surface area (Å²) in [5, 5.41) is 12.2. The number of unbranched alkanes of at least 4 members (excludes halogenated alkanes) is 1. The molecule has 0 amide bonds. The van der Waals surface area contributed by atoms with E-state index in [0.29, 0.717) is 12.1 Å². The Morgan fingerprint density at radius 3 is 2.41 bits per heavy atom. The van der Waals surface area contributed by atoms with E-state index in [-0.39, 0.29) is 0 Å². The highest BCUT2D eigenvalue weighted by Gasteiger charge is 2.10. The standard InChI is InChI=1S/C22H33N3OS.C16H15N.C2H6/c1-7-10-13-21(17(4)15-26)23-18(5)25(6)14-20-16-27-22(24-20)19(11-8-2)12-9-3;1-12-7-8-14(13(2)9-12)10-15-5-3-4-6-16(15)11-17;1-2/h8,11-12,15-16H,7,9-10,13-14H2,1-6H3;3-9H,10H2,1-2H3;1-2H3/b11-8-,19-12+,21-17-,23-18?;;. The molecule has 0 radical (unpaired) electrons. The number of benzene rings is 2. The smallest absolute Gasteiger partial charge is 0.147 e. The molecule has 3 rings (SSSR count). The molecule has 0 saturated heterocycles. The Bertz CT molecular complexity index is 1530. The maximum Gasteiger partial charge on any atom is 0.147 e. The van der Waals surface area contributed by atoms with E-state index in [2.05, 4.69) is 74.4 Å². The summed E-state index contributed by atoms with van der Waals surface area (Å²) in [5.41, 5.74) is 9.54. The van der Waals surface area contributed by atoms with Crippen molar-refractivity contribution in [1.29, 1.82) is 5.26 Å². The minimum Gasteiger partial charge on any atom is -0.357 e. The van der Waals surface area contributed by atoms with Crippen LogP contribution in [0.4, 0.5) is 0 Å². The number of rotatable bonds is 12. The van der Waals surface area contributed by atoms with Crippen LogP contribution in [0.1, 0.15) is 113 Å². The molecule has 0 aliphatic rings. The Kier molecular flexibility index (Phi) is 19.5. The predicted molar refractivity (Wildman–Crippen MR) is 199 cm³/mol. The summed E-state index contributed by atoms with van der Waals surface area (Å²) in [6, 6.07) is 16.5. The maximum absolute atomic E-state index is 11.2. The fraction of sp³-hybridized carbons (Fsp3) is 0.400. The molecule has 3 aromatic rings. The topological polar surface area (TPSA) is 69.3 Å². The number of hydrogen-bond acceptors (Lipinski definition) is 5. The average molecular weight is 639 g/mol. The van der Waals surface area contributed by atoms with Crippen molar-refractivity contribution in [3.63, 3.8) is 0 Å². The van der Waals surface area contributed by atoms with Gasteiger partial charge in [-0.15, -0.1) is 11.3 Å². The van der Waals surface area contributed by atoms with Gasteiger partial charge in [-0.1, -0.05) is 94.3 Å². The Morgan fingerprint density at radius 1 is 1.09 bits per heavy atom. The number of carbonyl (C=O) groups excluding carboxylic acids is 1. The summed E-state index contributed by atoms with van der Waals surface area (Å²) in [5.74, 6) is 0.898. The molecule has 1 heterocycles. The fourth-order valence-corrected chi connectivity index (χ4v) is 5.40. The molecular weight excluding hydrogens is 585 g/mol. The van der Waals surface area contributed by atoms with Gasteiger partial charge in [0.05, 0.1) is 23.9 Å². The molecule has 0 N–H and O–H groups in total. The van der Waals surface area contributed by atoms with Crippen LogP contribution in [-0.4, -0.2) is 29.1 Å². The Balaban J connectivity index is 0.000000475. The quantitative estimate of drug-likeness (QED) is 0.0651. The van der Waals surface area contributed by atoms with Crippen LogP contribution in [0.15, 0.2) is 82.3 Å². The van der Waals surface area contributed by atoms with Crippen molar-refractivity contribution in [2.75, 3.05) is 7.05 Å². The number of thiazole rings is 1. The van der Waals surface area contributed by atoms with Gasteiger partial charge in [-0.25, -0.2) is 9.98 Å². The van der Waals surface area contributed by atoms with Crippen LogP contribution in [0.5, 0.6) is 0 Å². The first kappa shape index (κ1) is 39.9. The molecule has 2 aromatic carbocycles. The van der Waals surface area contributed by atoms with E-state index in [4.69, 9.17) is 15.2 Å². The van der Waals surface area contributed by atoms with Crippen LogP contribution in [0.25, 0.3) is 5.57 Å². The molecule has 0 bridgehead atoms. The number of aldehydes is 1. The number of hydrogen-bond donors (Lipinski definition) is 0. The van der Waals surface area contributed by atoms with Crippen molar-refractivity contribution in [3.05, 3.63) is 116 Å². The van der Waals surface area contributed by atoms with Crippen molar-refractivity contribution < 1.29 is 4.79 Å². The first-order chi connectivity index (χ1) is 22.2. The van der Waals surface area contributed by atoms with Crippen LogP contribution in [0, 0.1) is 25.2 Å². The summed E-state index contributed by atoms with van der Waals surface area (Å²) in [4.78, 5) is 22.8. The number of carbonyl (C=O) groups is 1. The maximum atomic E-state index is 11.2. The Labute approximate surface area is 283 Å². The minimum atomic E-state index is 0.697. The second kappa shape index (κ2) is 22.4. The van der Waals surface area contributed by atoms with E-state index in [1.165, 1.54) is 22.3 Å². The van der Waals surface area contributed by atoms with Crippen LogP contribution in [0.2, 0.25) is 0 Å². The lowest BCUT2D eigenvalue weighted by atomic mass is 9.96. The Hall–Kier alpha value is -4.08. The molecule has 46 heavy (non-hydrogen) atoms. The third-order valence-corrected chi connectivity index (χ3v) is 8.17. The first-order valence-corrected chi connectivity index (χ1v) is 17.3. The largest absolute Gasteiger partial charge is 0.357 e. The lowest BCUT2D eigenvalue weighted by Gasteiger charge is -2.18. The lowest BCUT2D eigenvalue weighted by Crippen LogP contribution is -2.24. The molecule has 0 atom stereocenters. The highest BCUT2D eigenvalue weighted by Crippen LogP contribution is 2.23. The van der Waals surface area contributed by atoms with Gasteiger partial charge in [-0.05, 0) is 83.1 Å².